The Morgan fingerprint density at radius 3 is 2.59 bits per heavy atom. The van der Waals surface area contributed by atoms with Crippen LogP contribution in [-0.4, -0.2) is 75.3 Å². The topological polar surface area (TPSA) is 76.4 Å². The molecular formula is C26H27ClN6O2S2. The number of halogens is 1. The molecule has 1 aliphatic heterocycles. The number of rotatable bonds is 8. The van der Waals surface area contributed by atoms with Crippen LogP contribution < -0.4 is 4.74 Å². The average Bonchev–Trinajstić information content (AvgIpc) is 3.59. The fourth-order valence-corrected chi connectivity index (χ4v) is 6.19. The normalized spacial score (nSPS) is 14.2. The number of likely N-dealkylation sites (N-methyl/N-ethyl adjacent to an activating group) is 1. The summed E-state index contributed by atoms with van der Waals surface area (Å²) >= 11 is 9.52. The standard InChI is InChI=1S/C26H27ClN6O2S2/c1-3-31-12-14-32(15-13-31)25(34)20-16-36-23(28-20)17-37-26-30-29-24(18-8-4-5-9-19(18)27)33(26)21-10-6-7-11-22(21)35-2/h4-11,16H,3,12-15,17H2,1-2H3. The molecule has 1 saturated heterocycles. The van der Waals surface area contributed by atoms with Gasteiger partial charge in [0.15, 0.2) is 11.0 Å². The zero-order valence-electron chi connectivity index (χ0n) is 20.6. The van der Waals surface area contributed by atoms with E-state index in [1.54, 1.807) is 7.11 Å². The van der Waals surface area contributed by atoms with Crippen molar-refractivity contribution in [2.45, 2.75) is 17.8 Å². The molecule has 2 aromatic carbocycles. The van der Waals surface area contributed by atoms with E-state index >= 15 is 0 Å². The fraction of sp³-hybridized carbons (Fsp3) is 0.308. The van der Waals surface area contributed by atoms with Gasteiger partial charge in [0, 0.05) is 37.1 Å². The van der Waals surface area contributed by atoms with Crippen molar-refractivity contribution in [1.29, 1.82) is 0 Å². The molecule has 2 aromatic heterocycles. The highest BCUT2D eigenvalue weighted by Gasteiger charge is 2.24. The number of amides is 1. The molecule has 8 nitrogen and oxygen atoms in total. The summed E-state index contributed by atoms with van der Waals surface area (Å²) in [4.78, 5) is 21.9. The molecule has 0 bridgehead atoms. The van der Waals surface area contributed by atoms with E-state index in [0.717, 1.165) is 49.0 Å². The smallest absolute Gasteiger partial charge is 0.273 e. The quantitative estimate of drug-likeness (QED) is 0.280. The van der Waals surface area contributed by atoms with Crippen molar-refractivity contribution >= 4 is 40.6 Å². The summed E-state index contributed by atoms with van der Waals surface area (Å²) in [5.41, 5.74) is 2.10. The third kappa shape index (κ3) is 5.52. The van der Waals surface area contributed by atoms with Crippen LogP contribution in [0.4, 0.5) is 0 Å². The van der Waals surface area contributed by atoms with E-state index in [1.165, 1.54) is 23.1 Å². The summed E-state index contributed by atoms with van der Waals surface area (Å²) in [7, 11) is 1.64. The summed E-state index contributed by atoms with van der Waals surface area (Å²) < 4.78 is 7.59. The Morgan fingerprint density at radius 1 is 1.08 bits per heavy atom. The molecule has 0 unspecified atom stereocenters. The fourth-order valence-electron chi connectivity index (χ4n) is 4.24. The second kappa shape index (κ2) is 11.6. The van der Waals surface area contributed by atoms with E-state index in [9.17, 15) is 4.79 Å². The van der Waals surface area contributed by atoms with Crippen LogP contribution in [-0.2, 0) is 5.75 Å². The number of hydrogen-bond acceptors (Lipinski definition) is 8. The van der Waals surface area contributed by atoms with Crippen molar-refractivity contribution in [2.24, 2.45) is 0 Å². The largest absolute Gasteiger partial charge is 0.495 e. The molecular weight excluding hydrogens is 528 g/mol. The van der Waals surface area contributed by atoms with Gasteiger partial charge < -0.3 is 14.5 Å². The van der Waals surface area contributed by atoms with E-state index in [-0.39, 0.29) is 5.91 Å². The zero-order valence-corrected chi connectivity index (χ0v) is 23.0. The van der Waals surface area contributed by atoms with Crippen LogP contribution in [0.5, 0.6) is 5.75 Å². The first-order valence-electron chi connectivity index (χ1n) is 12.0. The Kier molecular flexibility index (Phi) is 8.09. The number of methoxy groups -OCH3 is 1. The maximum Gasteiger partial charge on any atom is 0.273 e. The van der Waals surface area contributed by atoms with Gasteiger partial charge in [0.25, 0.3) is 5.91 Å². The third-order valence-electron chi connectivity index (χ3n) is 6.28. The van der Waals surface area contributed by atoms with Gasteiger partial charge in [0.05, 0.1) is 23.6 Å². The molecule has 0 aliphatic carbocycles. The van der Waals surface area contributed by atoms with E-state index in [1.807, 2.05) is 63.4 Å². The predicted molar refractivity (Wildman–Crippen MR) is 148 cm³/mol. The molecule has 1 amide bonds. The number of carbonyl (C=O) groups is 1. The minimum atomic E-state index is 0.00134. The Balaban J connectivity index is 1.38. The first-order valence-corrected chi connectivity index (χ1v) is 14.3. The van der Waals surface area contributed by atoms with Crippen molar-refractivity contribution < 1.29 is 9.53 Å². The molecule has 5 rings (SSSR count). The van der Waals surface area contributed by atoms with Crippen LogP contribution >= 0.6 is 34.7 Å². The minimum absolute atomic E-state index is 0.00134. The first-order chi connectivity index (χ1) is 18.1. The van der Waals surface area contributed by atoms with E-state index < -0.39 is 0 Å². The summed E-state index contributed by atoms with van der Waals surface area (Å²) in [5.74, 6) is 1.88. The molecule has 1 fully saturated rings. The molecule has 0 atom stereocenters. The SMILES string of the molecule is CCN1CCN(C(=O)c2csc(CSc3nnc(-c4ccccc4Cl)n3-c3ccccc3OC)n2)CC1. The summed E-state index contributed by atoms with van der Waals surface area (Å²) in [6.07, 6.45) is 0. The number of nitrogens with zero attached hydrogens (tertiary/aromatic N) is 6. The number of aromatic nitrogens is 4. The summed E-state index contributed by atoms with van der Waals surface area (Å²) in [6.45, 7) is 6.44. The van der Waals surface area contributed by atoms with Gasteiger partial charge in [-0.2, -0.15) is 0 Å². The Bertz CT molecular complexity index is 1380. The van der Waals surface area contributed by atoms with Gasteiger partial charge in [0.2, 0.25) is 0 Å². The highest BCUT2D eigenvalue weighted by Crippen LogP contribution is 2.36. The van der Waals surface area contributed by atoms with Crippen molar-refractivity contribution in [3.63, 3.8) is 0 Å². The summed E-state index contributed by atoms with van der Waals surface area (Å²) in [5, 5.41) is 13.0. The van der Waals surface area contributed by atoms with Gasteiger partial charge in [0.1, 0.15) is 16.5 Å². The Hall–Kier alpha value is -2.92. The van der Waals surface area contributed by atoms with Gasteiger partial charge in [-0.3, -0.25) is 9.36 Å². The number of thioether (sulfide) groups is 1. The van der Waals surface area contributed by atoms with Crippen molar-refractivity contribution in [1.82, 2.24) is 29.5 Å². The number of piperazine rings is 1. The number of thiazole rings is 1. The second-order valence-corrected chi connectivity index (χ2v) is 10.7. The van der Waals surface area contributed by atoms with Crippen LogP contribution in [0.25, 0.3) is 17.1 Å². The van der Waals surface area contributed by atoms with Gasteiger partial charge in [-0.05, 0) is 30.8 Å². The molecule has 0 spiro atoms. The monoisotopic (exact) mass is 554 g/mol. The van der Waals surface area contributed by atoms with Crippen molar-refractivity contribution in [3.05, 3.63) is 69.6 Å². The van der Waals surface area contributed by atoms with Crippen LogP contribution in [0.3, 0.4) is 0 Å². The lowest BCUT2D eigenvalue weighted by Gasteiger charge is -2.33. The van der Waals surface area contributed by atoms with E-state index in [4.69, 9.17) is 16.3 Å². The first kappa shape index (κ1) is 25.7. The minimum Gasteiger partial charge on any atom is -0.495 e. The third-order valence-corrected chi connectivity index (χ3v) is 8.58. The molecule has 11 heteroatoms. The number of benzene rings is 2. The molecule has 0 saturated carbocycles. The molecule has 0 radical (unpaired) electrons. The number of para-hydroxylation sites is 2. The van der Waals surface area contributed by atoms with Gasteiger partial charge in [-0.1, -0.05) is 54.6 Å². The maximum atomic E-state index is 13.0. The molecule has 37 heavy (non-hydrogen) atoms. The second-order valence-electron chi connectivity index (χ2n) is 8.43. The highest BCUT2D eigenvalue weighted by molar-refractivity contribution is 7.98. The highest BCUT2D eigenvalue weighted by atomic mass is 35.5. The molecule has 3 heterocycles. The number of carbonyl (C=O) groups excluding carboxylic acids is 1. The molecule has 0 N–H and O–H groups in total. The van der Waals surface area contributed by atoms with Crippen LogP contribution in [0.15, 0.2) is 59.1 Å². The molecule has 192 valence electrons. The van der Waals surface area contributed by atoms with Gasteiger partial charge in [-0.25, -0.2) is 4.98 Å². The average molecular weight is 555 g/mol. The van der Waals surface area contributed by atoms with Gasteiger partial charge >= 0.3 is 0 Å². The van der Waals surface area contributed by atoms with Crippen molar-refractivity contribution in [3.8, 4) is 22.8 Å². The lowest BCUT2D eigenvalue weighted by Crippen LogP contribution is -2.48. The van der Waals surface area contributed by atoms with Crippen LogP contribution in [0, 0.1) is 0 Å². The zero-order chi connectivity index (χ0) is 25.8. The maximum absolute atomic E-state index is 13.0. The lowest BCUT2D eigenvalue weighted by molar-refractivity contribution is 0.0638. The Morgan fingerprint density at radius 2 is 1.84 bits per heavy atom. The number of ether oxygens (including phenoxy) is 1. The molecule has 1 aliphatic rings. The lowest BCUT2D eigenvalue weighted by atomic mass is 10.2. The molecule has 4 aromatic rings. The predicted octanol–water partition coefficient (Wildman–Crippen LogP) is 5.12. The summed E-state index contributed by atoms with van der Waals surface area (Å²) in [6, 6.07) is 15.3. The van der Waals surface area contributed by atoms with Gasteiger partial charge in [-0.15, -0.1) is 21.5 Å². The van der Waals surface area contributed by atoms with E-state index in [0.29, 0.717) is 33.2 Å². The van der Waals surface area contributed by atoms with Crippen LogP contribution in [0.2, 0.25) is 5.02 Å². The number of hydrogen-bond donors (Lipinski definition) is 0. The van der Waals surface area contributed by atoms with E-state index in [2.05, 4.69) is 27.0 Å². The van der Waals surface area contributed by atoms with Crippen LogP contribution in [0.1, 0.15) is 22.4 Å². The Labute approximate surface area is 229 Å². The van der Waals surface area contributed by atoms with Crippen molar-refractivity contribution in [2.75, 3.05) is 39.8 Å².